The molecule has 0 nitrogen and oxygen atoms in total. The van der Waals surface area contributed by atoms with Gasteiger partial charge in [-0.3, -0.25) is 0 Å². The van der Waals surface area contributed by atoms with Gasteiger partial charge in [0.2, 0.25) is 0 Å². The summed E-state index contributed by atoms with van der Waals surface area (Å²) in [4.78, 5) is 0. The molecule has 0 amide bonds. The molecule has 0 aromatic heterocycles. The Morgan fingerprint density at radius 3 is 1.95 bits per heavy atom. The number of benzene rings is 4. The SMILES string of the molecule is c1ccc([Se]c2cc3ccccc3c3ccccc23)cc1. The second kappa shape index (κ2) is 5.37. The van der Waals surface area contributed by atoms with Crippen molar-refractivity contribution in [3.8, 4) is 0 Å². The zero-order chi connectivity index (χ0) is 14.1. The Labute approximate surface area is 130 Å². The molecule has 0 aliphatic carbocycles. The summed E-state index contributed by atoms with van der Waals surface area (Å²) in [5.41, 5.74) is 0. The van der Waals surface area contributed by atoms with Gasteiger partial charge in [0.15, 0.2) is 0 Å². The van der Waals surface area contributed by atoms with Crippen LogP contribution >= 0.6 is 0 Å². The normalized spacial score (nSPS) is 11.0. The molecule has 1 heteroatoms. The predicted octanol–water partition coefficient (Wildman–Crippen LogP) is 3.65. The van der Waals surface area contributed by atoms with Gasteiger partial charge in [-0.1, -0.05) is 0 Å². The van der Waals surface area contributed by atoms with Crippen LogP contribution in [0.4, 0.5) is 0 Å². The van der Waals surface area contributed by atoms with Crippen LogP contribution in [0.2, 0.25) is 0 Å². The van der Waals surface area contributed by atoms with E-state index in [0.717, 1.165) is 0 Å². The Balaban J connectivity index is 1.98. The summed E-state index contributed by atoms with van der Waals surface area (Å²) < 4.78 is 2.88. The van der Waals surface area contributed by atoms with E-state index in [1.807, 2.05) is 0 Å². The Morgan fingerprint density at radius 2 is 1.14 bits per heavy atom. The van der Waals surface area contributed by atoms with Gasteiger partial charge in [-0.05, 0) is 0 Å². The summed E-state index contributed by atoms with van der Waals surface area (Å²) in [6.45, 7) is 0. The van der Waals surface area contributed by atoms with Crippen molar-refractivity contribution in [2.45, 2.75) is 0 Å². The molecule has 0 aliphatic rings. The van der Waals surface area contributed by atoms with Crippen LogP contribution in [-0.4, -0.2) is 15.0 Å². The van der Waals surface area contributed by atoms with Crippen LogP contribution in [0.25, 0.3) is 21.5 Å². The van der Waals surface area contributed by atoms with Gasteiger partial charge in [-0.25, -0.2) is 0 Å². The maximum atomic E-state index is 2.37. The molecule has 0 heterocycles. The van der Waals surface area contributed by atoms with Crippen LogP contribution in [-0.2, 0) is 0 Å². The molecule has 0 radical (unpaired) electrons. The maximum absolute atomic E-state index is 2.37. The first-order valence-electron chi connectivity index (χ1n) is 7.05. The number of rotatable bonds is 2. The minimum absolute atomic E-state index is 0.338. The van der Waals surface area contributed by atoms with E-state index in [-0.39, 0.29) is 0 Å². The van der Waals surface area contributed by atoms with Gasteiger partial charge in [0.1, 0.15) is 0 Å². The summed E-state index contributed by atoms with van der Waals surface area (Å²) in [6.07, 6.45) is 0. The molecule has 0 unspecified atom stereocenters. The Morgan fingerprint density at radius 1 is 0.524 bits per heavy atom. The van der Waals surface area contributed by atoms with Crippen molar-refractivity contribution in [3.05, 3.63) is 84.9 Å². The third kappa shape index (κ3) is 2.35. The average Bonchev–Trinajstić information content (AvgIpc) is 2.56. The minimum atomic E-state index is 0.338. The van der Waals surface area contributed by atoms with Crippen LogP contribution in [0.1, 0.15) is 0 Å². The number of hydrogen-bond donors (Lipinski definition) is 0. The third-order valence-corrected chi connectivity index (χ3v) is 5.94. The molecule has 0 saturated heterocycles. The Bertz CT molecular complexity index is 910. The monoisotopic (exact) mass is 334 g/mol. The number of fused-ring (bicyclic) bond motifs is 3. The van der Waals surface area contributed by atoms with E-state index in [1.165, 1.54) is 30.5 Å². The molecule has 0 aliphatic heterocycles. The van der Waals surface area contributed by atoms with Crippen LogP contribution in [0, 0.1) is 0 Å². The molecule has 0 bridgehead atoms. The van der Waals surface area contributed by atoms with Crippen molar-refractivity contribution >= 4 is 45.4 Å². The van der Waals surface area contributed by atoms with Crippen molar-refractivity contribution in [2.24, 2.45) is 0 Å². The topological polar surface area (TPSA) is 0 Å². The molecule has 0 fully saturated rings. The van der Waals surface area contributed by atoms with E-state index in [9.17, 15) is 0 Å². The fourth-order valence-electron chi connectivity index (χ4n) is 2.72. The van der Waals surface area contributed by atoms with E-state index in [1.54, 1.807) is 0 Å². The van der Waals surface area contributed by atoms with Crippen LogP contribution in [0.3, 0.4) is 0 Å². The van der Waals surface area contributed by atoms with Gasteiger partial charge in [-0.15, -0.1) is 0 Å². The molecule has 0 saturated carbocycles. The Kier molecular flexibility index (Phi) is 3.23. The van der Waals surface area contributed by atoms with Gasteiger partial charge in [0, 0.05) is 0 Å². The average molecular weight is 333 g/mol. The fourth-order valence-corrected chi connectivity index (χ4v) is 4.86. The molecular weight excluding hydrogens is 319 g/mol. The molecule has 4 aromatic carbocycles. The summed E-state index contributed by atoms with van der Waals surface area (Å²) >= 11 is 0.338. The van der Waals surface area contributed by atoms with Gasteiger partial charge < -0.3 is 0 Å². The summed E-state index contributed by atoms with van der Waals surface area (Å²) in [5, 5.41) is 5.44. The number of hydrogen-bond acceptors (Lipinski definition) is 0. The second-order valence-electron chi connectivity index (χ2n) is 5.06. The molecule has 4 aromatic rings. The molecule has 100 valence electrons. The summed E-state index contributed by atoms with van der Waals surface area (Å²) in [6, 6.07) is 30.6. The standard InChI is InChI=1S/C20H14Se/c1-2-9-16(10-3-1)21-20-14-15-8-4-5-11-17(15)18-12-6-7-13-19(18)20/h1-14H. The van der Waals surface area contributed by atoms with Crippen molar-refractivity contribution in [1.82, 2.24) is 0 Å². The van der Waals surface area contributed by atoms with Crippen molar-refractivity contribution in [2.75, 3.05) is 0 Å². The molecular formula is C20H14Se. The third-order valence-electron chi connectivity index (χ3n) is 3.70. The predicted molar refractivity (Wildman–Crippen MR) is 92.9 cm³/mol. The molecule has 21 heavy (non-hydrogen) atoms. The Hall–Kier alpha value is -2.08. The van der Waals surface area contributed by atoms with Gasteiger partial charge in [0.25, 0.3) is 0 Å². The summed E-state index contributed by atoms with van der Waals surface area (Å²) in [5.74, 6) is 0. The van der Waals surface area contributed by atoms with Crippen molar-refractivity contribution < 1.29 is 0 Å². The molecule has 0 spiro atoms. The quantitative estimate of drug-likeness (QED) is 0.388. The van der Waals surface area contributed by atoms with Crippen LogP contribution in [0.5, 0.6) is 0 Å². The van der Waals surface area contributed by atoms with E-state index >= 15 is 0 Å². The zero-order valence-corrected chi connectivity index (χ0v) is 13.2. The first kappa shape index (κ1) is 12.6. The van der Waals surface area contributed by atoms with E-state index < -0.39 is 0 Å². The van der Waals surface area contributed by atoms with Crippen molar-refractivity contribution in [3.63, 3.8) is 0 Å². The van der Waals surface area contributed by atoms with Crippen LogP contribution < -0.4 is 8.92 Å². The van der Waals surface area contributed by atoms with Gasteiger partial charge in [0.05, 0.1) is 0 Å². The second-order valence-corrected chi connectivity index (χ2v) is 7.40. The van der Waals surface area contributed by atoms with Gasteiger partial charge in [-0.2, -0.15) is 0 Å². The van der Waals surface area contributed by atoms with E-state index in [2.05, 4.69) is 84.9 Å². The first-order chi connectivity index (χ1) is 10.4. The zero-order valence-electron chi connectivity index (χ0n) is 11.5. The van der Waals surface area contributed by atoms with Crippen LogP contribution in [0.15, 0.2) is 84.9 Å². The first-order valence-corrected chi connectivity index (χ1v) is 8.76. The van der Waals surface area contributed by atoms with Crippen molar-refractivity contribution in [1.29, 1.82) is 0 Å². The fraction of sp³-hybridized carbons (Fsp3) is 0. The summed E-state index contributed by atoms with van der Waals surface area (Å²) in [7, 11) is 0. The molecule has 0 N–H and O–H groups in total. The molecule has 0 atom stereocenters. The van der Waals surface area contributed by atoms with Gasteiger partial charge >= 0.3 is 130 Å². The van der Waals surface area contributed by atoms with E-state index in [4.69, 9.17) is 0 Å². The molecule has 4 rings (SSSR count). The van der Waals surface area contributed by atoms with E-state index in [0.29, 0.717) is 15.0 Å².